The van der Waals surface area contributed by atoms with E-state index in [1.165, 1.54) is 23.6 Å². The van der Waals surface area contributed by atoms with Crippen LogP contribution in [-0.4, -0.2) is 31.9 Å². The van der Waals surface area contributed by atoms with Crippen LogP contribution in [0.25, 0.3) is 10.6 Å². The van der Waals surface area contributed by atoms with Crippen molar-refractivity contribution in [1.29, 1.82) is 0 Å². The molecule has 12 heteroatoms. The van der Waals surface area contributed by atoms with Gasteiger partial charge in [0.15, 0.2) is 5.78 Å². The zero-order valence-electron chi connectivity index (χ0n) is 15.9. The summed E-state index contributed by atoms with van der Waals surface area (Å²) in [4.78, 5) is 41.2. The largest absolute Gasteiger partial charge is 0.356 e. The molecular weight excluding hydrogens is 447 g/mol. The second-order valence-corrected chi connectivity index (χ2v) is 7.56. The third kappa shape index (κ3) is 4.34. The minimum Gasteiger partial charge on any atom is -0.356 e. The highest BCUT2D eigenvalue weighted by atomic mass is 32.1. The fourth-order valence-corrected chi connectivity index (χ4v) is 3.61. The molecule has 3 N–H and O–H groups in total. The predicted molar refractivity (Wildman–Crippen MR) is 108 cm³/mol. The Morgan fingerprint density at radius 2 is 1.78 bits per heavy atom. The van der Waals surface area contributed by atoms with Gasteiger partial charge in [0.05, 0.1) is 12.1 Å². The van der Waals surface area contributed by atoms with Crippen LogP contribution in [0.5, 0.6) is 0 Å². The van der Waals surface area contributed by atoms with Crippen molar-refractivity contribution in [3.63, 3.8) is 0 Å². The molecule has 0 saturated heterocycles. The van der Waals surface area contributed by atoms with Crippen LogP contribution < -0.4 is 10.9 Å². The Morgan fingerprint density at radius 3 is 2.50 bits per heavy atom. The Labute approximate surface area is 181 Å². The first-order valence-electron chi connectivity index (χ1n) is 8.99. The number of nitrogens with zero attached hydrogens (tertiary/aromatic N) is 2. The predicted octanol–water partition coefficient (Wildman–Crippen LogP) is 2.80. The number of halogens is 3. The molecule has 0 fully saturated rings. The molecule has 32 heavy (non-hydrogen) atoms. The Morgan fingerprint density at radius 1 is 1.03 bits per heavy atom. The number of carbonyl (C=O) groups excluding carboxylic acids is 2. The molecule has 4 rings (SSSR count). The zero-order chi connectivity index (χ0) is 22.8. The summed E-state index contributed by atoms with van der Waals surface area (Å²) in [6.45, 7) is 0.0171. The van der Waals surface area contributed by atoms with E-state index in [-0.39, 0.29) is 23.4 Å². The van der Waals surface area contributed by atoms with E-state index in [2.05, 4.69) is 25.5 Å². The number of benzene rings is 1. The number of aromatic amines is 2. The molecule has 0 atom stereocenters. The minimum absolute atomic E-state index is 0.0171. The molecule has 3 aromatic heterocycles. The smallest absolute Gasteiger partial charge is 0.268 e. The quantitative estimate of drug-likeness (QED) is 0.383. The summed E-state index contributed by atoms with van der Waals surface area (Å²) in [6.07, 6.45) is 2.60. The fourth-order valence-electron chi connectivity index (χ4n) is 2.83. The number of aromatic nitrogens is 4. The summed E-state index contributed by atoms with van der Waals surface area (Å²) in [6, 6.07) is 4.96. The number of carbonyl (C=O) groups is 2. The van der Waals surface area contributed by atoms with Gasteiger partial charge in [-0.05, 0) is 12.1 Å². The van der Waals surface area contributed by atoms with Gasteiger partial charge in [0.2, 0.25) is 5.56 Å². The number of H-pyrrole nitrogens is 2. The third-order valence-corrected chi connectivity index (χ3v) is 5.29. The van der Waals surface area contributed by atoms with Crippen LogP contribution in [0.15, 0.2) is 47.5 Å². The highest BCUT2D eigenvalue weighted by Crippen LogP contribution is 2.22. The van der Waals surface area contributed by atoms with Gasteiger partial charge in [-0.1, -0.05) is 11.3 Å². The van der Waals surface area contributed by atoms with Gasteiger partial charge in [-0.25, -0.2) is 13.2 Å². The Kier molecular flexibility index (Phi) is 5.69. The lowest BCUT2D eigenvalue weighted by Crippen LogP contribution is -2.23. The van der Waals surface area contributed by atoms with Gasteiger partial charge in [-0.2, -0.15) is 0 Å². The molecule has 1 aromatic carbocycles. The van der Waals surface area contributed by atoms with E-state index in [9.17, 15) is 27.6 Å². The van der Waals surface area contributed by atoms with Crippen molar-refractivity contribution in [2.24, 2.45) is 0 Å². The van der Waals surface area contributed by atoms with Crippen molar-refractivity contribution in [2.45, 2.75) is 6.54 Å². The van der Waals surface area contributed by atoms with Gasteiger partial charge in [-0.15, -0.1) is 10.2 Å². The van der Waals surface area contributed by atoms with Gasteiger partial charge in [0.1, 0.15) is 33.2 Å². The molecular formula is C20H12F3N5O3S. The highest BCUT2D eigenvalue weighted by Gasteiger charge is 2.22. The van der Waals surface area contributed by atoms with E-state index in [1.807, 2.05) is 0 Å². The summed E-state index contributed by atoms with van der Waals surface area (Å²) in [5.41, 5.74) is -0.831. The fraction of sp³-hybridized carbons (Fsp3) is 0.0500. The number of amides is 1. The van der Waals surface area contributed by atoms with E-state index in [0.717, 1.165) is 12.3 Å². The SMILES string of the molecule is O=C(NCc1nnc(-c2cc[nH]c(=O)c2)s1)c1cc(C(=O)c2c(F)cc(F)cc2F)c[nH]1. The normalized spacial score (nSPS) is 10.8. The average Bonchev–Trinajstić information content (AvgIpc) is 3.41. The van der Waals surface area contributed by atoms with Crippen molar-refractivity contribution in [2.75, 3.05) is 0 Å². The summed E-state index contributed by atoms with van der Waals surface area (Å²) in [5.74, 6) is -5.47. The lowest BCUT2D eigenvalue weighted by molar-refractivity contribution is 0.0946. The second-order valence-electron chi connectivity index (χ2n) is 6.50. The van der Waals surface area contributed by atoms with E-state index >= 15 is 0 Å². The number of ketones is 1. The Bertz CT molecular complexity index is 1370. The molecule has 3 heterocycles. The molecule has 0 aliphatic carbocycles. The van der Waals surface area contributed by atoms with Gasteiger partial charge >= 0.3 is 0 Å². The van der Waals surface area contributed by atoms with Crippen molar-refractivity contribution in [3.8, 4) is 10.6 Å². The lowest BCUT2D eigenvalue weighted by Gasteiger charge is -2.03. The van der Waals surface area contributed by atoms with Crippen molar-refractivity contribution in [1.82, 2.24) is 25.5 Å². The van der Waals surface area contributed by atoms with Gasteiger partial charge in [0, 0.05) is 41.7 Å². The lowest BCUT2D eigenvalue weighted by atomic mass is 10.0. The van der Waals surface area contributed by atoms with Crippen LogP contribution >= 0.6 is 11.3 Å². The Balaban J connectivity index is 1.44. The first-order valence-corrected chi connectivity index (χ1v) is 9.81. The molecule has 0 aliphatic rings. The molecule has 0 unspecified atom stereocenters. The van der Waals surface area contributed by atoms with Crippen LogP contribution in [0.2, 0.25) is 0 Å². The van der Waals surface area contributed by atoms with E-state index in [1.54, 1.807) is 6.07 Å². The number of nitrogens with one attached hydrogen (secondary N) is 3. The number of pyridine rings is 1. The average molecular weight is 459 g/mol. The summed E-state index contributed by atoms with van der Waals surface area (Å²) in [7, 11) is 0. The molecule has 0 bridgehead atoms. The molecule has 4 aromatic rings. The molecule has 162 valence electrons. The van der Waals surface area contributed by atoms with Crippen LogP contribution in [0.4, 0.5) is 13.2 Å². The molecule has 0 radical (unpaired) electrons. The van der Waals surface area contributed by atoms with Gasteiger partial charge in [-0.3, -0.25) is 14.4 Å². The van der Waals surface area contributed by atoms with Crippen molar-refractivity contribution < 1.29 is 22.8 Å². The maximum atomic E-state index is 13.8. The molecule has 8 nitrogen and oxygen atoms in total. The number of hydrogen-bond donors (Lipinski definition) is 3. The molecule has 0 aliphatic heterocycles. The maximum Gasteiger partial charge on any atom is 0.268 e. The van der Waals surface area contributed by atoms with Crippen LogP contribution in [-0.2, 0) is 6.54 Å². The summed E-state index contributed by atoms with van der Waals surface area (Å²) >= 11 is 1.18. The minimum atomic E-state index is -1.34. The molecule has 1 amide bonds. The number of hydrogen-bond acceptors (Lipinski definition) is 6. The highest BCUT2D eigenvalue weighted by molar-refractivity contribution is 7.14. The van der Waals surface area contributed by atoms with Crippen molar-refractivity contribution >= 4 is 23.0 Å². The molecule has 0 spiro atoms. The van der Waals surface area contributed by atoms with Crippen LogP contribution in [0.3, 0.4) is 0 Å². The first-order chi connectivity index (χ1) is 15.3. The molecule has 0 saturated carbocycles. The Hall–Kier alpha value is -4.06. The van der Waals surface area contributed by atoms with Crippen LogP contribution in [0, 0.1) is 17.5 Å². The van der Waals surface area contributed by atoms with E-state index in [4.69, 9.17) is 0 Å². The monoisotopic (exact) mass is 459 g/mol. The van der Waals surface area contributed by atoms with Crippen LogP contribution in [0.1, 0.15) is 31.4 Å². The van der Waals surface area contributed by atoms with E-state index < -0.39 is 34.7 Å². The maximum absolute atomic E-state index is 13.8. The van der Waals surface area contributed by atoms with E-state index in [0.29, 0.717) is 27.7 Å². The summed E-state index contributed by atoms with van der Waals surface area (Å²) < 4.78 is 40.7. The summed E-state index contributed by atoms with van der Waals surface area (Å²) in [5, 5.41) is 11.5. The number of rotatable bonds is 6. The zero-order valence-corrected chi connectivity index (χ0v) is 16.7. The van der Waals surface area contributed by atoms with Gasteiger partial charge < -0.3 is 15.3 Å². The second kappa shape index (κ2) is 8.59. The standard InChI is InChI=1S/C20H12F3N5O3S/c21-11-5-12(22)17(13(23)6-11)18(30)10-3-14(25-7-10)19(31)26-8-16-27-28-20(32-16)9-1-2-24-15(29)4-9/h1-7,25H,8H2,(H,24,29)(H,26,31). The first kappa shape index (κ1) is 21.2. The third-order valence-electron chi connectivity index (χ3n) is 4.31. The van der Waals surface area contributed by atoms with Gasteiger partial charge in [0.25, 0.3) is 5.91 Å². The topological polar surface area (TPSA) is 121 Å². The van der Waals surface area contributed by atoms with Crippen molar-refractivity contribution in [3.05, 3.63) is 92.4 Å².